The molecule has 6 nitrogen and oxygen atoms in total. The average molecular weight is 761 g/mol. The van der Waals surface area contributed by atoms with Crippen molar-refractivity contribution < 1.29 is 0 Å². The highest BCUT2D eigenvalue weighted by molar-refractivity contribution is 6.06. The summed E-state index contributed by atoms with van der Waals surface area (Å²) < 4.78 is 0. The van der Waals surface area contributed by atoms with Crippen LogP contribution < -0.4 is 0 Å². The lowest BCUT2D eigenvalue weighted by Gasteiger charge is -2.28. The van der Waals surface area contributed by atoms with Crippen molar-refractivity contribution in [1.82, 2.24) is 29.9 Å². The molecule has 0 aliphatic heterocycles. The highest BCUT2D eigenvalue weighted by atomic mass is 15.0. The molecule has 0 amide bonds. The number of rotatable bonds is 8. The molecule has 282 valence electrons. The molecule has 0 fully saturated rings. The smallest absolute Gasteiger partial charge is 0.164 e. The fraction of sp³-hybridized carbons (Fsp3) is 0.0943. The molecule has 1 aliphatic rings. The van der Waals surface area contributed by atoms with Crippen LogP contribution in [-0.4, -0.2) is 29.9 Å². The van der Waals surface area contributed by atoms with E-state index in [2.05, 4.69) is 67.6 Å². The van der Waals surface area contributed by atoms with Gasteiger partial charge in [0.05, 0.1) is 0 Å². The number of fused-ring (bicyclic) bond motifs is 1. The van der Waals surface area contributed by atoms with Crippen molar-refractivity contribution in [2.75, 3.05) is 0 Å². The van der Waals surface area contributed by atoms with Crippen LogP contribution in [0.2, 0.25) is 0 Å². The van der Waals surface area contributed by atoms with Gasteiger partial charge in [-0.2, -0.15) is 0 Å². The third-order valence-electron chi connectivity index (χ3n) is 11.2. The molecule has 0 saturated carbocycles. The second-order valence-electron chi connectivity index (χ2n) is 15.0. The highest BCUT2D eigenvalue weighted by Crippen LogP contribution is 2.45. The largest absolute Gasteiger partial charge is 0.208 e. The van der Waals surface area contributed by atoms with E-state index in [9.17, 15) is 0 Å². The normalized spacial score (nSPS) is 14.1. The molecule has 0 radical (unpaired) electrons. The van der Waals surface area contributed by atoms with Crippen molar-refractivity contribution in [3.8, 4) is 68.3 Å². The Morgan fingerprint density at radius 2 is 0.678 bits per heavy atom. The van der Waals surface area contributed by atoms with E-state index >= 15 is 0 Å². The SMILES string of the molecule is CC1CCCC(c2ccc(-c3nc(-c4ccccc4)nc(-c4ccccc4)n3)c3ccccc23)=C1c1ccc(-c2nc(-c3ccccc3)nc(-c3ccccc3)n2)cc1. The Bertz CT molecular complexity index is 2830. The Kier molecular flexibility index (Phi) is 9.64. The maximum atomic E-state index is 5.10. The zero-order chi connectivity index (χ0) is 39.5. The van der Waals surface area contributed by atoms with Gasteiger partial charge in [-0.1, -0.05) is 183 Å². The number of hydrogen-bond acceptors (Lipinski definition) is 6. The number of allylic oxidation sites excluding steroid dienone is 2. The van der Waals surface area contributed by atoms with Gasteiger partial charge >= 0.3 is 0 Å². The number of aromatic nitrogens is 6. The van der Waals surface area contributed by atoms with Gasteiger partial charge in [0.1, 0.15) is 0 Å². The van der Waals surface area contributed by atoms with Gasteiger partial charge in [0.2, 0.25) is 0 Å². The number of hydrogen-bond donors (Lipinski definition) is 0. The summed E-state index contributed by atoms with van der Waals surface area (Å²) in [5, 5.41) is 2.31. The molecule has 2 aromatic heterocycles. The molecule has 1 aliphatic carbocycles. The second kappa shape index (κ2) is 15.8. The van der Waals surface area contributed by atoms with Crippen LogP contribution in [0.3, 0.4) is 0 Å². The van der Waals surface area contributed by atoms with Gasteiger partial charge in [-0.15, -0.1) is 0 Å². The lowest BCUT2D eigenvalue weighted by molar-refractivity contribution is 0.609. The van der Waals surface area contributed by atoms with E-state index in [4.69, 9.17) is 29.9 Å². The lowest BCUT2D eigenvalue weighted by Crippen LogP contribution is -2.09. The molecular weight excluding hydrogens is 721 g/mol. The maximum absolute atomic E-state index is 5.10. The van der Waals surface area contributed by atoms with E-state index in [0.717, 1.165) is 58.0 Å². The Balaban J connectivity index is 1.07. The van der Waals surface area contributed by atoms with Crippen LogP contribution in [-0.2, 0) is 0 Å². The van der Waals surface area contributed by atoms with Crippen LogP contribution in [0.1, 0.15) is 37.3 Å². The average Bonchev–Trinajstić information content (AvgIpc) is 3.32. The summed E-state index contributed by atoms with van der Waals surface area (Å²) in [6.07, 6.45) is 3.28. The minimum absolute atomic E-state index is 0.389. The molecule has 0 bridgehead atoms. The first-order valence-corrected chi connectivity index (χ1v) is 20.3. The standard InChI is InChI=1S/C53H40N6/c1-35-17-16-28-45(47(35)36-29-31-41(32-30-36)52-55-48(37-18-6-2-7-19-37)54-49(56-52)38-20-8-3-9-21-38)44-33-34-46(43-27-15-14-26-42(43)44)53-58-50(39-22-10-4-11-23-39)57-51(59-53)40-24-12-5-13-25-40/h2-15,18-27,29-35H,16-17,28H2,1H3. The topological polar surface area (TPSA) is 77.3 Å². The van der Waals surface area contributed by atoms with E-state index < -0.39 is 0 Å². The maximum Gasteiger partial charge on any atom is 0.164 e. The monoisotopic (exact) mass is 760 g/mol. The number of benzene rings is 7. The summed E-state index contributed by atoms with van der Waals surface area (Å²) in [5.41, 5.74) is 11.0. The quantitative estimate of drug-likeness (QED) is 0.153. The van der Waals surface area contributed by atoms with Crippen molar-refractivity contribution in [3.63, 3.8) is 0 Å². The summed E-state index contributed by atoms with van der Waals surface area (Å²) in [5.74, 6) is 4.32. The first kappa shape index (κ1) is 35.9. The van der Waals surface area contributed by atoms with Crippen LogP contribution in [0.5, 0.6) is 0 Å². The van der Waals surface area contributed by atoms with E-state index in [1.165, 1.54) is 27.7 Å². The Hall–Kier alpha value is -7.44. The second-order valence-corrected chi connectivity index (χ2v) is 15.0. The summed E-state index contributed by atoms with van der Waals surface area (Å²) in [6.45, 7) is 2.37. The van der Waals surface area contributed by atoms with Crippen LogP contribution in [0.15, 0.2) is 182 Å². The molecule has 9 aromatic rings. The summed E-state index contributed by atoms with van der Waals surface area (Å²) in [4.78, 5) is 30.0. The molecule has 59 heavy (non-hydrogen) atoms. The molecule has 7 aromatic carbocycles. The third kappa shape index (κ3) is 7.21. The fourth-order valence-corrected chi connectivity index (χ4v) is 8.32. The van der Waals surface area contributed by atoms with Gasteiger partial charge in [0.15, 0.2) is 34.9 Å². The molecule has 0 spiro atoms. The van der Waals surface area contributed by atoms with E-state index in [-0.39, 0.29) is 0 Å². The van der Waals surface area contributed by atoms with Crippen molar-refractivity contribution in [2.24, 2.45) is 5.92 Å². The summed E-state index contributed by atoms with van der Waals surface area (Å²) >= 11 is 0. The zero-order valence-electron chi connectivity index (χ0n) is 32.7. The van der Waals surface area contributed by atoms with Gasteiger partial charge in [-0.3, -0.25) is 0 Å². The van der Waals surface area contributed by atoms with Crippen LogP contribution in [0.4, 0.5) is 0 Å². The van der Waals surface area contributed by atoms with Crippen LogP contribution in [0, 0.1) is 5.92 Å². The summed E-state index contributed by atoms with van der Waals surface area (Å²) in [7, 11) is 0. The van der Waals surface area contributed by atoms with Gasteiger partial charge in [0, 0.05) is 33.4 Å². The lowest BCUT2D eigenvalue weighted by atomic mass is 9.77. The first-order valence-electron chi connectivity index (χ1n) is 20.3. The first-order chi connectivity index (χ1) is 29.2. The van der Waals surface area contributed by atoms with E-state index in [1.54, 1.807) is 0 Å². The van der Waals surface area contributed by atoms with Crippen LogP contribution >= 0.6 is 0 Å². The van der Waals surface area contributed by atoms with Gasteiger partial charge < -0.3 is 0 Å². The van der Waals surface area contributed by atoms with Crippen LogP contribution in [0.25, 0.3) is 90.2 Å². The van der Waals surface area contributed by atoms with Gasteiger partial charge in [0.25, 0.3) is 0 Å². The molecule has 6 heteroatoms. The predicted molar refractivity (Wildman–Crippen MR) is 240 cm³/mol. The highest BCUT2D eigenvalue weighted by Gasteiger charge is 2.25. The molecule has 1 unspecified atom stereocenters. The molecule has 10 rings (SSSR count). The van der Waals surface area contributed by atoms with Crippen molar-refractivity contribution in [1.29, 1.82) is 0 Å². The minimum atomic E-state index is 0.389. The Labute approximate surface area is 344 Å². The van der Waals surface area contributed by atoms with Crippen molar-refractivity contribution in [2.45, 2.75) is 26.2 Å². The van der Waals surface area contributed by atoms with Gasteiger partial charge in [-0.25, -0.2) is 29.9 Å². The Morgan fingerprint density at radius 1 is 0.339 bits per heavy atom. The zero-order valence-corrected chi connectivity index (χ0v) is 32.7. The molecule has 0 N–H and O–H groups in total. The third-order valence-corrected chi connectivity index (χ3v) is 11.2. The molecule has 1 atom stereocenters. The molecular formula is C53H40N6. The minimum Gasteiger partial charge on any atom is -0.208 e. The number of nitrogens with zero attached hydrogens (tertiary/aromatic N) is 6. The Morgan fingerprint density at radius 3 is 1.12 bits per heavy atom. The predicted octanol–water partition coefficient (Wildman–Crippen LogP) is 12.9. The van der Waals surface area contributed by atoms with E-state index in [1.807, 2.05) is 121 Å². The summed E-state index contributed by atoms with van der Waals surface area (Å²) in [6, 6.07) is 62.5. The fourth-order valence-electron chi connectivity index (χ4n) is 8.32. The van der Waals surface area contributed by atoms with Crippen molar-refractivity contribution in [3.05, 3.63) is 193 Å². The molecule has 2 heterocycles. The van der Waals surface area contributed by atoms with E-state index in [0.29, 0.717) is 40.9 Å². The van der Waals surface area contributed by atoms with Gasteiger partial charge in [-0.05, 0) is 64.3 Å². The van der Waals surface area contributed by atoms with Crippen molar-refractivity contribution >= 4 is 21.9 Å². The molecule has 0 saturated heterocycles.